The van der Waals surface area contributed by atoms with Crippen LogP contribution in [0.15, 0.2) is 65.2 Å². The lowest BCUT2D eigenvalue weighted by Crippen LogP contribution is -2.37. The first-order valence-electron chi connectivity index (χ1n) is 8.55. The molecule has 0 saturated heterocycles. The van der Waals surface area contributed by atoms with E-state index in [-0.39, 0.29) is 24.1 Å². The fraction of sp³-hybridized carbons (Fsp3) is 0.143. The number of ketones is 1. The van der Waals surface area contributed by atoms with Crippen LogP contribution in [0.3, 0.4) is 0 Å². The number of rotatable bonds is 2. The average molecular weight is 364 g/mol. The van der Waals surface area contributed by atoms with Gasteiger partial charge in [-0.15, -0.1) is 0 Å². The zero-order valence-electron chi connectivity index (χ0n) is 14.6. The number of hydrogen-bond donors (Lipinski definition) is 1. The van der Waals surface area contributed by atoms with E-state index in [0.29, 0.717) is 11.3 Å². The van der Waals surface area contributed by atoms with E-state index in [1.165, 1.54) is 29.3 Å². The van der Waals surface area contributed by atoms with Gasteiger partial charge in [-0.25, -0.2) is 9.18 Å². The molecule has 5 nitrogen and oxygen atoms in total. The first-order valence-corrected chi connectivity index (χ1v) is 8.55. The van der Waals surface area contributed by atoms with Crippen LogP contribution >= 0.6 is 0 Å². The van der Waals surface area contributed by atoms with Gasteiger partial charge in [0.25, 0.3) is 0 Å². The molecule has 6 heteroatoms. The Morgan fingerprint density at radius 2 is 1.96 bits per heavy atom. The normalized spacial score (nSPS) is 16.7. The highest BCUT2D eigenvalue weighted by atomic mass is 19.1. The van der Waals surface area contributed by atoms with Crippen molar-refractivity contribution in [3.63, 3.8) is 0 Å². The minimum absolute atomic E-state index is 0.0799. The molecule has 1 aliphatic heterocycles. The van der Waals surface area contributed by atoms with Crippen LogP contribution in [0.5, 0.6) is 0 Å². The smallest absolute Gasteiger partial charge is 0.326 e. The maximum atomic E-state index is 13.2. The largest absolute Gasteiger partial charge is 0.461 e. The number of hydrogen-bond acceptors (Lipinski definition) is 3. The van der Waals surface area contributed by atoms with E-state index >= 15 is 0 Å². The quantitative estimate of drug-likeness (QED) is 0.700. The third kappa shape index (κ3) is 3.46. The number of urea groups is 1. The number of nitrogens with one attached hydrogen (secondary N) is 1. The average Bonchev–Trinajstić information content (AvgIpc) is 3.01. The second-order valence-electron chi connectivity index (χ2n) is 6.50. The number of fused-ring (bicyclic) bond motifs is 1. The van der Waals surface area contributed by atoms with Crippen molar-refractivity contribution in [2.24, 2.45) is 0 Å². The van der Waals surface area contributed by atoms with Gasteiger partial charge in [0.1, 0.15) is 17.2 Å². The van der Waals surface area contributed by atoms with E-state index in [4.69, 9.17) is 4.42 Å². The van der Waals surface area contributed by atoms with E-state index in [1.807, 2.05) is 19.1 Å². The summed E-state index contributed by atoms with van der Waals surface area (Å²) in [5.74, 6) is 0.349. The molecule has 0 bridgehead atoms. The van der Waals surface area contributed by atoms with Crippen molar-refractivity contribution in [3.05, 3.63) is 77.9 Å². The van der Waals surface area contributed by atoms with E-state index < -0.39 is 6.04 Å². The second-order valence-corrected chi connectivity index (χ2v) is 6.50. The minimum Gasteiger partial charge on any atom is -0.461 e. The first kappa shape index (κ1) is 17.0. The summed E-state index contributed by atoms with van der Waals surface area (Å²) in [5.41, 5.74) is 2.07. The van der Waals surface area contributed by atoms with Crippen LogP contribution < -0.4 is 5.32 Å². The number of amides is 2. The second kappa shape index (κ2) is 6.72. The third-order valence-electron chi connectivity index (χ3n) is 4.53. The van der Waals surface area contributed by atoms with Gasteiger partial charge in [0.05, 0.1) is 6.04 Å². The molecule has 136 valence electrons. The van der Waals surface area contributed by atoms with Crippen LogP contribution in [0.4, 0.5) is 14.9 Å². The van der Waals surface area contributed by atoms with E-state index in [2.05, 4.69) is 5.32 Å². The first-order chi connectivity index (χ1) is 13.0. The minimum atomic E-state index is -0.483. The van der Waals surface area contributed by atoms with Gasteiger partial charge >= 0.3 is 6.03 Å². The van der Waals surface area contributed by atoms with Gasteiger partial charge in [0.15, 0.2) is 5.78 Å². The van der Waals surface area contributed by atoms with E-state index in [0.717, 1.165) is 16.7 Å². The molecule has 27 heavy (non-hydrogen) atoms. The molecule has 1 aliphatic rings. The summed E-state index contributed by atoms with van der Waals surface area (Å²) in [4.78, 5) is 26.1. The van der Waals surface area contributed by atoms with Crippen molar-refractivity contribution >= 4 is 28.5 Å². The summed E-state index contributed by atoms with van der Waals surface area (Å²) in [7, 11) is 0. The van der Waals surface area contributed by atoms with E-state index in [9.17, 15) is 14.0 Å². The summed E-state index contributed by atoms with van der Waals surface area (Å²) in [6.07, 6.45) is 2.99. The van der Waals surface area contributed by atoms with Crippen LogP contribution in [0, 0.1) is 12.7 Å². The number of carbonyl (C=O) groups excluding carboxylic acids is 2. The summed E-state index contributed by atoms with van der Waals surface area (Å²) >= 11 is 0. The Bertz CT molecular complexity index is 1050. The number of benzene rings is 2. The molecule has 0 fully saturated rings. The van der Waals surface area contributed by atoms with Crippen molar-refractivity contribution in [2.45, 2.75) is 19.4 Å². The van der Waals surface area contributed by atoms with Crippen molar-refractivity contribution in [2.75, 3.05) is 5.32 Å². The molecule has 1 atom stereocenters. The molecule has 0 spiro atoms. The zero-order valence-corrected chi connectivity index (χ0v) is 14.6. The van der Waals surface area contributed by atoms with Gasteiger partial charge < -0.3 is 9.73 Å². The highest BCUT2D eigenvalue weighted by Gasteiger charge is 2.28. The Hall–Kier alpha value is -3.41. The molecule has 0 radical (unpaired) electrons. The maximum Gasteiger partial charge on any atom is 0.326 e. The monoisotopic (exact) mass is 364 g/mol. The van der Waals surface area contributed by atoms with Gasteiger partial charge in [-0.3, -0.25) is 9.69 Å². The number of carbonyl (C=O) groups is 2. The number of furan rings is 1. The van der Waals surface area contributed by atoms with Gasteiger partial charge in [0.2, 0.25) is 0 Å². The Morgan fingerprint density at radius 1 is 1.19 bits per heavy atom. The molecule has 1 aromatic heterocycles. The molecule has 0 aliphatic carbocycles. The lowest BCUT2D eigenvalue weighted by Gasteiger charge is -2.31. The predicted molar refractivity (Wildman–Crippen MR) is 99.7 cm³/mol. The van der Waals surface area contributed by atoms with Crippen LogP contribution in [-0.4, -0.2) is 16.7 Å². The van der Waals surface area contributed by atoms with E-state index in [1.54, 1.807) is 24.3 Å². The summed E-state index contributed by atoms with van der Waals surface area (Å²) < 4.78 is 18.8. The fourth-order valence-corrected chi connectivity index (χ4v) is 3.24. The molecular weight excluding hydrogens is 347 g/mol. The van der Waals surface area contributed by atoms with Crippen LogP contribution in [0.2, 0.25) is 0 Å². The Morgan fingerprint density at radius 3 is 2.74 bits per heavy atom. The van der Waals surface area contributed by atoms with Gasteiger partial charge in [-0.1, -0.05) is 12.1 Å². The lowest BCUT2D eigenvalue weighted by atomic mass is 9.97. The van der Waals surface area contributed by atoms with Crippen molar-refractivity contribution in [1.82, 2.24) is 4.90 Å². The lowest BCUT2D eigenvalue weighted by molar-refractivity contribution is -0.116. The van der Waals surface area contributed by atoms with Crippen LogP contribution in [-0.2, 0) is 4.79 Å². The molecule has 3 aromatic rings. The topological polar surface area (TPSA) is 62.6 Å². The molecule has 1 N–H and O–H groups in total. The number of nitrogens with zero attached hydrogens (tertiary/aromatic N) is 1. The van der Waals surface area contributed by atoms with Crippen LogP contribution in [0.25, 0.3) is 11.0 Å². The summed E-state index contributed by atoms with van der Waals surface area (Å²) in [6, 6.07) is 12.3. The van der Waals surface area contributed by atoms with Gasteiger partial charge in [0, 0.05) is 23.7 Å². The molecule has 1 unspecified atom stereocenters. The van der Waals surface area contributed by atoms with Crippen molar-refractivity contribution in [1.29, 1.82) is 0 Å². The molecule has 0 saturated carbocycles. The highest BCUT2D eigenvalue weighted by Crippen LogP contribution is 2.30. The molecule has 2 heterocycles. The number of anilines is 1. The SMILES string of the molecule is Cc1cc2cc(NC(=O)N3C=CC(=O)CC3c3ccc(F)cc3)ccc2o1. The molecule has 4 rings (SSSR count). The summed E-state index contributed by atoms with van der Waals surface area (Å²) in [5, 5.41) is 3.74. The fourth-order valence-electron chi connectivity index (χ4n) is 3.24. The highest BCUT2D eigenvalue weighted by molar-refractivity contribution is 5.97. The Balaban J connectivity index is 1.60. The molecular formula is C21H17FN2O3. The van der Waals surface area contributed by atoms with Crippen molar-refractivity contribution < 1.29 is 18.4 Å². The number of allylic oxidation sites excluding steroid dienone is 1. The number of halogens is 1. The van der Waals surface area contributed by atoms with Crippen molar-refractivity contribution in [3.8, 4) is 0 Å². The Kier molecular flexibility index (Phi) is 4.24. The van der Waals surface area contributed by atoms with Crippen LogP contribution in [0.1, 0.15) is 23.8 Å². The number of aryl methyl sites for hydroxylation is 1. The predicted octanol–water partition coefficient (Wildman–Crippen LogP) is 4.94. The Labute approximate surface area is 155 Å². The maximum absolute atomic E-state index is 13.2. The third-order valence-corrected chi connectivity index (χ3v) is 4.53. The molecule has 2 aromatic carbocycles. The standard InChI is InChI=1S/C21H17FN2O3/c1-13-10-15-11-17(6-7-20(15)27-13)23-21(26)24-9-8-18(25)12-19(24)14-2-4-16(22)5-3-14/h2-11,19H,12H2,1H3,(H,23,26). The molecule has 2 amide bonds. The zero-order chi connectivity index (χ0) is 19.0. The van der Waals surface area contributed by atoms with Gasteiger partial charge in [-0.05, 0) is 55.0 Å². The van der Waals surface area contributed by atoms with Gasteiger partial charge in [-0.2, -0.15) is 0 Å². The summed E-state index contributed by atoms with van der Waals surface area (Å²) in [6.45, 7) is 1.86.